The molecular formula is C38H47N5O7. The second kappa shape index (κ2) is 17.4. The van der Waals surface area contributed by atoms with Gasteiger partial charge in [0.15, 0.2) is 0 Å². The van der Waals surface area contributed by atoms with E-state index in [-0.39, 0.29) is 38.5 Å². The average molecular weight is 686 g/mol. The van der Waals surface area contributed by atoms with E-state index >= 15 is 0 Å². The smallest absolute Gasteiger partial charge is 0.408 e. The van der Waals surface area contributed by atoms with Crippen molar-refractivity contribution in [1.29, 1.82) is 0 Å². The summed E-state index contributed by atoms with van der Waals surface area (Å²) in [6, 6.07) is 19.6. The number of carbonyl (C=O) groups is 6. The lowest BCUT2D eigenvalue weighted by molar-refractivity contribution is -0.153. The molecule has 12 heteroatoms. The van der Waals surface area contributed by atoms with Gasteiger partial charge in [-0.2, -0.15) is 0 Å². The number of likely N-dealkylation sites (tertiary alicyclic amines) is 1. The van der Waals surface area contributed by atoms with Gasteiger partial charge in [0.2, 0.25) is 23.5 Å². The van der Waals surface area contributed by atoms with Gasteiger partial charge in [-0.15, -0.1) is 0 Å². The molecule has 1 heterocycles. The minimum absolute atomic E-state index is 0.0189. The summed E-state index contributed by atoms with van der Waals surface area (Å²) in [6.45, 7) is 7.35. The van der Waals surface area contributed by atoms with Crippen molar-refractivity contribution >= 4 is 46.3 Å². The number of ether oxygens (including phenoxy) is 1. The van der Waals surface area contributed by atoms with Gasteiger partial charge in [-0.3, -0.25) is 24.0 Å². The Balaban J connectivity index is 1.33. The van der Waals surface area contributed by atoms with Crippen LogP contribution in [0.4, 0.5) is 4.79 Å². The second-order valence-electron chi connectivity index (χ2n) is 13.4. The second-order valence-corrected chi connectivity index (χ2v) is 13.4. The summed E-state index contributed by atoms with van der Waals surface area (Å²) in [6.07, 6.45) is 0.186. The summed E-state index contributed by atoms with van der Waals surface area (Å²) in [5.74, 6) is -4.38. The van der Waals surface area contributed by atoms with Gasteiger partial charge in [-0.25, -0.2) is 4.79 Å². The van der Waals surface area contributed by atoms with Crippen LogP contribution in [0.25, 0.3) is 10.8 Å². The Labute approximate surface area is 292 Å². The molecule has 0 aromatic heterocycles. The lowest BCUT2D eigenvalue weighted by atomic mass is 9.91. The van der Waals surface area contributed by atoms with Crippen molar-refractivity contribution in [2.45, 2.75) is 71.7 Å². The molecule has 0 radical (unpaired) electrons. The number of nitrogens with two attached hydrogens (primary N) is 1. The van der Waals surface area contributed by atoms with Crippen molar-refractivity contribution in [3.63, 3.8) is 0 Å². The minimum atomic E-state index is -1.15. The third-order valence-corrected chi connectivity index (χ3v) is 8.99. The molecule has 266 valence electrons. The van der Waals surface area contributed by atoms with E-state index in [1.54, 1.807) is 6.92 Å². The van der Waals surface area contributed by atoms with Crippen molar-refractivity contribution in [2.75, 3.05) is 13.1 Å². The van der Waals surface area contributed by atoms with Gasteiger partial charge in [-0.05, 0) is 40.2 Å². The van der Waals surface area contributed by atoms with E-state index in [1.807, 2.05) is 93.6 Å². The Morgan fingerprint density at radius 3 is 2.12 bits per heavy atom. The van der Waals surface area contributed by atoms with Crippen LogP contribution in [0.2, 0.25) is 0 Å². The first kappa shape index (κ1) is 37.6. The molecule has 1 saturated heterocycles. The number of hydrogen-bond acceptors (Lipinski definition) is 7. The monoisotopic (exact) mass is 685 g/mol. The molecule has 3 aromatic carbocycles. The number of hydrogen-bond donors (Lipinski definition) is 4. The molecule has 0 aliphatic carbocycles. The first-order valence-corrected chi connectivity index (χ1v) is 17.0. The Morgan fingerprint density at radius 2 is 1.48 bits per heavy atom. The van der Waals surface area contributed by atoms with Gasteiger partial charge in [0.25, 0.3) is 5.91 Å². The third-order valence-electron chi connectivity index (χ3n) is 8.99. The van der Waals surface area contributed by atoms with Gasteiger partial charge >= 0.3 is 6.09 Å². The van der Waals surface area contributed by atoms with E-state index in [0.29, 0.717) is 6.42 Å². The highest BCUT2D eigenvalue weighted by atomic mass is 16.5. The Morgan fingerprint density at radius 1 is 0.820 bits per heavy atom. The highest BCUT2D eigenvalue weighted by Crippen LogP contribution is 2.21. The van der Waals surface area contributed by atoms with Crippen LogP contribution in [-0.2, 0) is 41.7 Å². The molecule has 12 nitrogen and oxygen atoms in total. The van der Waals surface area contributed by atoms with E-state index in [1.165, 1.54) is 4.90 Å². The number of Topliss-reactive ketones (excluding diaryl/α,β-unsaturated/α-hetero) is 1. The summed E-state index contributed by atoms with van der Waals surface area (Å²) in [5.41, 5.74) is 7.24. The summed E-state index contributed by atoms with van der Waals surface area (Å²) >= 11 is 0. The van der Waals surface area contributed by atoms with Crippen LogP contribution < -0.4 is 21.7 Å². The largest absolute Gasteiger partial charge is 0.445 e. The minimum Gasteiger partial charge on any atom is -0.445 e. The normalized spacial score (nSPS) is 15.3. The zero-order valence-electron chi connectivity index (χ0n) is 29.0. The highest BCUT2D eigenvalue weighted by Gasteiger charge is 2.42. The Hall–Kier alpha value is -5.26. The van der Waals surface area contributed by atoms with Crippen LogP contribution >= 0.6 is 0 Å². The molecule has 5 amide bonds. The van der Waals surface area contributed by atoms with Gasteiger partial charge < -0.3 is 31.3 Å². The summed E-state index contributed by atoms with van der Waals surface area (Å²) < 4.78 is 5.30. The van der Waals surface area contributed by atoms with E-state index in [0.717, 1.165) is 21.9 Å². The number of benzene rings is 3. The van der Waals surface area contributed by atoms with Gasteiger partial charge in [0.05, 0.1) is 12.0 Å². The van der Waals surface area contributed by atoms with Crippen molar-refractivity contribution in [1.82, 2.24) is 20.9 Å². The fourth-order valence-corrected chi connectivity index (χ4v) is 5.78. The summed E-state index contributed by atoms with van der Waals surface area (Å²) in [4.78, 5) is 79.4. The molecule has 5 N–H and O–H groups in total. The van der Waals surface area contributed by atoms with Crippen molar-refractivity contribution in [3.8, 4) is 0 Å². The predicted octanol–water partition coefficient (Wildman–Crippen LogP) is 3.25. The van der Waals surface area contributed by atoms with Crippen molar-refractivity contribution < 1.29 is 33.5 Å². The molecule has 3 aromatic rings. The third kappa shape index (κ3) is 10.1. The molecule has 50 heavy (non-hydrogen) atoms. The number of nitrogens with zero attached hydrogens (tertiary/aromatic N) is 1. The SMILES string of the molecule is CC[C@H](C)C(NC(=O)[C@H](CC(C)C)NC(=O)OCc1ccccc1)C(=O)C(=O)N1CC(C(=O)N[C@@H](Cc2ccc3ccccc3c2)C(N)=O)C1. The maximum Gasteiger partial charge on any atom is 0.408 e. The topological polar surface area (TPSA) is 177 Å². The zero-order valence-corrected chi connectivity index (χ0v) is 29.0. The quantitative estimate of drug-likeness (QED) is 0.167. The molecule has 1 aliphatic heterocycles. The predicted molar refractivity (Wildman–Crippen MR) is 188 cm³/mol. The fraction of sp³-hybridized carbons (Fsp3) is 0.421. The number of rotatable bonds is 16. The first-order valence-electron chi connectivity index (χ1n) is 17.0. The maximum absolute atomic E-state index is 13.5. The zero-order chi connectivity index (χ0) is 36.4. The van der Waals surface area contributed by atoms with E-state index in [4.69, 9.17) is 10.5 Å². The van der Waals surface area contributed by atoms with Crippen LogP contribution in [0.1, 0.15) is 51.7 Å². The van der Waals surface area contributed by atoms with Crippen LogP contribution in [0.5, 0.6) is 0 Å². The van der Waals surface area contributed by atoms with Gasteiger partial charge in [0.1, 0.15) is 18.7 Å². The van der Waals surface area contributed by atoms with Crippen LogP contribution in [-0.4, -0.2) is 71.6 Å². The number of primary amides is 1. The molecule has 0 saturated carbocycles. The van der Waals surface area contributed by atoms with Crippen molar-refractivity contribution in [3.05, 3.63) is 83.9 Å². The average Bonchev–Trinajstić information content (AvgIpc) is 3.07. The molecule has 1 aliphatic rings. The lowest BCUT2D eigenvalue weighted by Gasteiger charge is -2.39. The molecule has 1 fully saturated rings. The molecular weight excluding hydrogens is 638 g/mol. The number of fused-ring (bicyclic) bond motifs is 1. The number of amides is 5. The van der Waals surface area contributed by atoms with Gasteiger partial charge in [-0.1, -0.05) is 107 Å². The molecule has 1 unspecified atom stereocenters. The Bertz CT molecular complexity index is 1690. The van der Waals surface area contributed by atoms with E-state index < -0.39 is 65.5 Å². The number of nitrogens with one attached hydrogen (secondary N) is 3. The number of carbonyl (C=O) groups excluding carboxylic acids is 6. The number of ketones is 1. The molecule has 4 atom stereocenters. The summed E-state index contributed by atoms with van der Waals surface area (Å²) in [7, 11) is 0. The van der Waals surface area contributed by atoms with Crippen molar-refractivity contribution in [2.24, 2.45) is 23.5 Å². The molecule has 0 bridgehead atoms. The van der Waals surface area contributed by atoms with Crippen LogP contribution in [0, 0.1) is 17.8 Å². The first-order chi connectivity index (χ1) is 23.9. The lowest BCUT2D eigenvalue weighted by Crippen LogP contribution is -2.62. The Kier molecular flexibility index (Phi) is 13.1. The standard InChI is InChI=1S/C38H47N5O7/c1-5-24(4)32(42-36(47)31(17-23(2)3)41-38(49)50-22-25-11-7-6-8-12-25)33(44)37(48)43-20-29(21-43)35(46)40-30(34(39)45)19-26-15-16-27-13-9-10-14-28(27)18-26/h6-16,18,23-24,29-32H,5,17,19-22H2,1-4H3,(H2,39,45)(H,40,46)(H,41,49)(H,42,47)/t24-,30-,31-,32?/m0/s1. The maximum atomic E-state index is 13.5. The highest BCUT2D eigenvalue weighted by molar-refractivity contribution is 6.38. The van der Waals surface area contributed by atoms with Crippen LogP contribution in [0.15, 0.2) is 72.8 Å². The van der Waals surface area contributed by atoms with Crippen LogP contribution in [0.3, 0.4) is 0 Å². The molecule has 0 spiro atoms. The fourth-order valence-electron chi connectivity index (χ4n) is 5.78. The number of alkyl carbamates (subject to hydrolysis) is 1. The van der Waals surface area contributed by atoms with Gasteiger partial charge in [0, 0.05) is 19.5 Å². The van der Waals surface area contributed by atoms with E-state index in [9.17, 15) is 28.8 Å². The molecule has 4 rings (SSSR count). The summed E-state index contributed by atoms with van der Waals surface area (Å²) in [5, 5.41) is 10.1. The van der Waals surface area contributed by atoms with E-state index in [2.05, 4.69) is 16.0 Å².